The van der Waals surface area contributed by atoms with E-state index in [1.54, 1.807) is 31.2 Å². The monoisotopic (exact) mass is 498 g/mol. The van der Waals surface area contributed by atoms with Crippen LogP contribution >= 0.6 is 11.3 Å². The topological polar surface area (TPSA) is 126 Å². The third-order valence-corrected chi connectivity index (χ3v) is 7.19. The number of nitrogens with zero attached hydrogens (tertiary/aromatic N) is 3. The van der Waals surface area contributed by atoms with Gasteiger partial charge in [0.15, 0.2) is 11.7 Å². The van der Waals surface area contributed by atoms with Crippen molar-refractivity contribution in [3.8, 4) is 22.8 Å². The highest BCUT2D eigenvalue weighted by molar-refractivity contribution is 7.21. The van der Waals surface area contributed by atoms with E-state index in [1.807, 2.05) is 30.3 Å². The first kappa shape index (κ1) is 23.4. The van der Waals surface area contributed by atoms with Gasteiger partial charge in [-0.25, -0.2) is 4.98 Å². The van der Waals surface area contributed by atoms with Crippen LogP contribution in [0, 0.1) is 6.92 Å². The van der Waals surface area contributed by atoms with Gasteiger partial charge in [-0.1, -0.05) is 49.4 Å². The Kier molecular flexibility index (Phi) is 5.85. The summed E-state index contributed by atoms with van der Waals surface area (Å²) in [6, 6.07) is 16.6. The van der Waals surface area contributed by atoms with Crippen molar-refractivity contribution < 1.29 is 23.9 Å². The van der Waals surface area contributed by atoms with E-state index in [0.29, 0.717) is 32.7 Å². The molecule has 180 valence electrons. The number of aryl methyl sites for hydroxylation is 2. The third-order valence-electron chi connectivity index (χ3n) is 6.09. The van der Waals surface area contributed by atoms with Gasteiger partial charge < -0.3 is 15.4 Å². The summed E-state index contributed by atoms with van der Waals surface area (Å²) >= 11 is 1.08. The van der Waals surface area contributed by atoms with E-state index in [4.69, 9.17) is 10.3 Å². The van der Waals surface area contributed by atoms with Gasteiger partial charge in [0.25, 0.3) is 5.78 Å². The summed E-state index contributed by atoms with van der Waals surface area (Å²) in [5.41, 5.74) is 10.5. The first-order chi connectivity index (χ1) is 17.3. The highest BCUT2D eigenvalue weighted by Crippen LogP contribution is 2.43. The van der Waals surface area contributed by atoms with Gasteiger partial charge >= 0.3 is 5.69 Å². The summed E-state index contributed by atoms with van der Waals surface area (Å²) in [4.78, 5) is 31.6. The van der Waals surface area contributed by atoms with Crippen LogP contribution in [0.25, 0.3) is 27.0 Å². The maximum atomic E-state index is 13.7. The van der Waals surface area contributed by atoms with E-state index in [0.717, 1.165) is 28.9 Å². The van der Waals surface area contributed by atoms with Gasteiger partial charge in [0, 0.05) is 28.6 Å². The molecule has 0 bridgehead atoms. The molecule has 0 spiro atoms. The molecule has 5 rings (SSSR count). The summed E-state index contributed by atoms with van der Waals surface area (Å²) in [5, 5.41) is 16.8. The molecule has 36 heavy (non-hydrogen) atoms. The minimum Gasteiger partial charge on any atom is -0.539 e. The number of para-hydroxylation sites is 1. The first-order valence-electron chi connectivity index (χ1n) is 11.3. The van der Waals surface area contributed by atoms with Gasteiger partial charge in [-0.3, -0.25) is 9.59 Å². The number of hydrogen-bond donors (Lipinski definition) is 1. The molecule has 0 atom stereocenters. The second-order valence-corrected chi connectivity index (χ2v) is 9.36. The number of thiophene rings is 1. The Morgan fingerprint density at radius 1 is 1.11 bits per heavy atom. The van der Waals surface area contributed by atoms with Gasteiger partial charge in [-0.2, -0.15) is 0 Å². The fraction of sp³-hybridized carbons (Fsp3) is 0.148. The van der Waals surface area contributed by atoms with Crippen molar-refractivity contribution in [2.75, 3.05) is 5.73 Å². The molecule has 0 amide bonds. The van der Waals surface area contributed by atoms with Crippen LogP contribution in [0.3, 0.4) is 0 Å². The second kappa shape index (κ2) is 9.01. The van der Waals surface area contributed by atoms with E-state index >= 15 is 0 Å². The van der Waals surface area contributed by atoms with Crippen molar-refractivity contribution in [1.29, 1.82) is 0 Å². The highest BCUT2D eigenvalue weighted by Gasteiger charge is 2.33. The predicted octanol–water partition coefficient (Wildman–Crippen LogP) is 4.19. The molecule has 9 heteroatoms. The maximum Gasteiger partial charge on any atom is 0.312 e. The minimum absolute atomic E-state index is 0.133. The molecule has 0 aliphatic rings. The lowest BCUT2D eigenvalue weighted by atomic mass is 9.92. The molecule has 2 N–H and O–H groups in total. The zero-order valence-electron chi connectivity index (χ0n) is 19.9. The first-order valence-corrected chi connectivity index (χ1v) is 12.1. The normalized spacial score (nSPS) is 11.2. The number of pyridine rings is 1. The number of carbonyl (C=O) groups is 2. The van der Waals surface area contributed by atoms with Crippen molar-refractivity contribution in [3.05, 3.63) is 82.0 Å². The van der Waals surface area contributed by atoms with E-state index < -0.39 is 11.7 Å². The molecular weight excluding hydrogens is 476 g/mol. The second-order valence-electron chi connectivity index (χ2n) is 8.36. The quantitative estimate of drug-likeness (QED) is 0.275. The number of fused-ring (bicyclic) bond motifs is 1. The summed E-state index contributed by atoms with van der Waals surface area (Å²) < 4.78 is 6.00. The Bertz CT molecular complexity index is 1640. The van der Waals surface area contributed by atoms with Crippen molar-refractivity contribution in [3.63, 3.8) is 0 Å². The number of anilines is 1. The Morgan fingerprint density at radius 3 is 2.44 bits per heavy atom. The molecule has 0 radical (unpaired) electrons. The van der Waals surface area contributed by atoms with Crippen LogP contribution in [-0.2, 0) is 6.42 Å². The number of benzene rings is 2. The number of nitrogens with two attached hydrogens (primary N) is 1. The van der Waals surface area contributed by atoms with E-state index in [1.165, 1.54) is 11.6 Å². The summed E-state index contributed by atoms with van der Waals surface area (Å²) in [6.45, 7) is 5.31. The van der Waals surface area contributed by atoms with Crippen molar-refractivity contribution >= 4 is 38.8 Å². The van der Waals surface area contributed by atoms with Crippen LogP contribution in [0.5, 0.6) is 5.95 Å². The van der Waals surface area contributed by atoms with E-state index in [2.05, 4.69) is 17.2 Å². The van der Waals surface area contributed by atoms with Crippen LogP contribution in [0.1, 0.15) is 50.8 Å². The van der Waals surface area contributed by atoms with Gasteiger partial charge in [-0.05, 0) is 36.1 Å². The van der Waals surface area contributed by atoms with Crippen molar-refractivity contribution in [2.45, 2.75) is 27.2 Å². The fourth-order valence-electron chi connectivity index (χ4n) is 4.35. The number of rotatable bonds is 6. The molecular formula is C27H22N4O4S. The van der Waals surface area contributed by atoms with Crippen LogP contribution in [0.4, 0.5) is 5.69 Å². The number of ketones is 2. The number of hydrogen-bond acceptors (Lipinski definition) is 8. The lowest BCUT2D eigenvalue weighted by molar-refractivity contribution is -0.672. The smallest absolute Gasteiger partial charge is 0.312 e. The van der Waals surface area contributed by atoms with Crippen LogP contribution < -0.4 is 15.5 Å². The fourth-order valence-corrected chi connectivity index (χ4v) is 5.44. The molecule has 2 aromatic carbocycles. The Labute approximate surface area is 210 Å². The number of aromatic nitrogens is 3. The van der Waals surface area contributed by atoms with Crippen molar-refractivity contribution in [1.82, 2.24) is 10.3 Å². The minimum atomic E-state index is -0.871. The molecule has 3 heterocycles. The van der Waals surface area contributed by atoms with Crippen LogP contribution in [0.2, 0.25) is 0 Å². The summed E-state index contributed by atoms with van der Waals surface area (Å²) in [5.74, 6) is -1.65. The average molecular weight is 499 g/mol. The summed E-state index contributed by atoms with van der Waals surface area (Å²) in [7, 11) is 0. The third kappa shape index (κ3) is 3.74. The largest absolute Gasteiger partial charge is 0.539 e. The average Bonchev–Trinajstić information content (AvgIpc) is 3.42. The Balaban J connectivity index is 1.75. The Morgan fingerprint density at radius 2 is 1.81 bits per heavy atom. The number of carbonyl (C=O) groups excluding carboxylic acids is 2. The molecule has 0 saturated heterocycles. The van der Waals surface area contributed by atoms with Crippen molar-refractivity contribution in [2.24, 2.45) is 0 Å². The van der Waals surface area contributed by atoms with E-state index in [-0.39, 0.29) is 22.0 Å². The molecule has 8 nitrogen and oxygen atoms in total. The van der Waals surface area contributed by atoms with Gasteiger partial charge in [0.1, 0.15) is 9.71 Å². The molecule has 3 aromatic heterocycles. The zero-order chi connectivity index (χ0) is 25.6. The number of nitrogen functional groups attached to an aromatic ring is 1. The van der Waals surface area contributed by atoms with Gasteiger partial charge in [0.05, 0.1) is 16.7 Å². The SMILES string of the molecule is CCc1ccc(-c2c(C(C)=O)c(C)nc3sc(C(=O)c4c([O-])on[n+]4-c4ccccc4)c(N)c23)cc1. The van der Waals surface area contributed by atoms with Gasteiger partial charge in [0.2, 0.25) is 5.69 Å². The highest BCUT2D eigenvalue weighted by atomic mass is 32.1. The van der Waals surface area contributed by atoms with Gasteiger partial charge in [-0.15, -0.1) is 11.3 Å². The predicted molar refractivity (Wildman–Crippen MR) is 135 cm³/mol. The molecule has 0 aliphatic carbocycles. The number of Topliss-reactive ketones (excluding diaryl/α,β-unsaturated/α-hetero) is 1. The van der Waals surface area contributed by atoms with Crippen LogP contribution in [-0.4, -0.2) is 21.8 Å². The lowest BCUT2D eigenvalue weighted by Crippen LogP contribution is -2.39. The maximum absolute atomic E-state index is 13.7. The molecule has 0 aliphatic heterocycles. The lowest BCUT2D eigenvalue weighted by Gasteiger charge is -2.13. The van der Waals surface area contributed by atoms with E-state index in [9.17, 15) is 14.7 Å². The van der Waals surface area contributed by atoms with Crippen LogP contribution in [0.15, 0.2) is 59.1 Å². The molecule has 5 aromatic rings. The molecule has 0 unspecified atom stereocenters. The molecule has 0 saturated carbocycles. The molecule has 0 fully saturated rings. The Hall–Kier alpha value is -4.37. The zero-order valence-corrected chi connectivity index (χ0v) is 20.7. The standard InChI is InChI=1S/C27H22N4O4S/c1-4-16-10-12-17(13-11-16)20-19(15(3)32)14(2)29-26-21(20)22(28)25(36-26)24(33)23-27(34)35-30-31(23)18-8-6-5-7-9-18/h5-13H,4H2,1-3H3,(H2-,28,30,33,34). The summed E-state index contributed by atoms with van der Waals surface area (Å²) in [6.07, 6.45) is 0.877.